The second-order valence-electron chi connectivity index (χ2n) is 4.62. The molecule has 0 aliphatic heterocycles. The standard InChI is InChI=1S/C16H18ClO2P/c17-20(18,14-12-16-9-5-2-6-10-16)19-13-11-15-7-3-1-4-8-15/h1-10H,11-14H2. The molecule has 1 atom stereocenters. The van der Waals surface area contributed by atoms with Crippen LogP contribution in [0.2, 0.25) is 0 Å². The molecule has 4 heteroatoms. The summed E-state index contributed by atoms with van der Waals surface area (Å²) in [5, 5.41) is 0. The van der Waals surface area contributed by atoms with Crippen molar-refractivity contribution in [2.24, 2.45) is 0 Å². The van der Waals surface area contributed by atoms with Crippen LogP contribution in [0.1, 0.15) is 11.1 Å². The van der Waals surface area contributed by atoms with Gasteiger partial charge in [0.15, 0.2) is 0 Å². The van der Waals surface area contributed by atoms with Crippen LogP contribution in [0, 0.1) is 0 Å². The molecule has 2 nitrogen and oxygen atoms in total. The van der Waals surface area contributed by atoms with Crippen LogP contribution in [0.3, 0.4) is 0 Å². The first kappa shape index (κ1) is 15.3. The third-order valence-electron chi connectivity index (χ3n) is 3.03. The SMILES string of the molecule is O=P(Cl)(CCc1ccccc1)OCCc1ccccc1. The van der Waals surface area contributed by atoms with E-state index in [4.69, 9.17) is 15.8 Å². The summed E-state index contributed by atoms with van der Waals surface area (Å²) in [6, 6.07) is 19.9. The summed E-state index contributed by atoms with van der Waals surface area (Å²) in [6.07, 6.45) is 1.77. The normalized spacial score (nSPS) is 13.8. The van der Waals surface area contributed by atoms with Crippen LogP contribution in [0.4, 0.5) is 0 Å². The van der Waals surface area contributed by atoms with E-state index < -0.39 is 6.72 Å². The van der Waals surface area contributed by atoms with E-state index in [1.807, 2.05) is 60.7 Å². The van der Waals surface area contributed by atoms with E-state index in [2.05, 4.69) is 0 Å². The zero-order valence-corrected chi connectivity index (χ0v) is 12.9. The molecule has 0 fully saturated rings. The highest BCUT2D eigenvalue weighted by Gasteiger charge is 2.18. The van der Waals surface area contributed by atoms with Crippen LogP contribution in [-0.4, -0.2) is 12.8 Å². The Kier molecular flexibility index (Phi) is 5.85. The molecule has 0 aromatic heterocycles. The molecule has 0 N–H and O–H groups in total. The van der Waals surface area contributed by atoms with Gasteiger partial charge in [0, 0.05) is 6.16 Å². The summed E-state index contributed by atoms with van der Waals surface area (Å²) < 4.78 is 17.5. The van der Waals surface area contributed by atoms with E-state index in [9.17, 15) is 4.57 Å². The summed E-state index contributed by atoms with van der Waals surface area (Å²) in [4.78, 5) is 0. The average Bonchev–Trinajstić information content (AvgIpc) is 2.47. The van der Waals surface area contributed by atoms with Crippen LogP contribution >= 0.6 is 18.0 Å². The minimum Gasteiger partial charge on any atom is -0.317 e. The highest BCUT2D eigenvalue weighted by atomic mass is 35.7. The lowest BCUT2D eigenvalue weighted by molar-refractivity contribution is 0.328. The summed E-state index contributed by atoms with van der Waals surface area (Å²) in [5.74, 6) is 0. The van der Waals surface area contributed by atoms with Crippen LogP contribution in [0.25, 0.3) is 0 Å². The summed E-state index contributed by atoms with van der Waals surface area (Å²) >= 11 is 5.99. The van der Waals surface area contributed by atoms with Crippen LogP contribution < -0.4 is 0 Å². The van der Waals surface area contributed by atoms with E-state index in [0.717, 1.165) is 17.5 Å². The van der Waals surface area contributed by atoms with Crippen molar-refractivity contribution in [1.29, 1.82) is 0 Å². The number of halogens is 1. The zero-order valence-electron chi connectivity index (χ0n) is 11.2. The summed E-state index contributed by atoms with van der Waals surface area (Å²) in [7, 11) is 0. The Morgan fingerprint density at radius 2 is 1.35 bits per heavy atom. The maximum absolute atomic E-state index is 12.1. The average molecular weight is 309 g/mol. The Morgan fingerprint density at radius 1 is 0.850 bits per heavy atom. The third-order valence-corrected chi connectivity index (χ3v) is 5.15. The quantitative estimate of drug-likeness (QED) is 0.679. The molecule has 2 aromatic carbocycles. The molecule has 0 spiro atoms. The Bertz CT molecular complexity index is 557. The highest BCUT2D eigenvalue weighted by molar-refractivity contribution is 7.85. The van der Waals surface area contributed by atoms with Crippen molar-refractivity contribution >= 4 is 18.0 Å². The van der Waals surface area contributed by atoms with E-state index >= 15 is 0 Å². The van der Waals surface area contributed by atoms with Gasteiger partial charge in [-0.15, -0.1) is 0 Å². The van der Waals surface area contributed by atoms with Crippen molar-refractivity contribution in [2.45, 2.75) is 12.8 Å². The molecule has 0 aliphatic rings. The van der Waals surface area contributed by atoms with Gasteiger partial charge in [-0.05, 0) is 35.2 Å². The Balaban J connectivity index is 1.75. The van der Waals surface area contributed by atoms with Gasteiger partial charge in [0.1, 0.15) is 0 Å². The second-order valence-corrected chi connectivity index (χ2v) is 8.05. The molecule has 0 bridgehead atoms. The van der Waals surface area contributed by atoms with Crippen molar-refractivity contribution in [3.05, 3.63) is 71.8 Å². The van der Waals surface area contributed by atoms with Gasteiger partial charge in [-0.2, -0.15) is 0 Å². The highest BCUT2D eigenvalue weighted by Crippen LogP contribution is 2.52. The molecule has 0 heterocycles. The molecular formula is C16H18ClO2P. The first-order chi connectivity index (χ1) is 9.66. The number of rotatable bonds is 7. The van der Waals surface area contributed by atoms with Crippen molar-refractivity contribution in [2.75, 3.05) is 12.8 Å². The van der Waals surface area contributed by atoms with Crippen molar-refractivity contribution in [3.8, 4) is 0 Å². The second kappa shape index (κ2) is 7.64. The monoisotopic (exact) mass is 308 g/mol. The minimum absolute atomic E-state index is 0.368. The lowest BCUT2D eigenvalue weighted by Gasteiger charge is -2.11. The van der Waals surface area contributed by atoms with Crippen LogP contribution in [0.5, 0.6) is 0 Å². The largest absolute Gasteiger partial charge is 0.317 e. The lowest BCUT2D eigenvalue weighted by atomic mass is 10.2. The van der Waals surface area contributed by atoms with Gasteiger partial charge in [0.05, 0.1) is 6.61 Å². The Labute approximate surface area is 125 Å². The zero-order chi connectivity index (χ0) is 14.3. The minimum atomic E-state index is -3.02. The smallest absolute Gasteiger partial charge is 0.290 e. The Morgan fingerprint density at radius 3 is 1.90 bits per heavy atom. The topological polar surface area (TPSA) is 26.3 Å². The molecular weight excluding hydrogens is 291 g/mol. The van der Waals surface area contributed by atoms with E-state index in [1.54, 1.807) is 0 Å². The molecule has 0 saturated carbocycles. The van der Waals surface area contributed by atoms with Gasteiger partial charge < -0.3 is 4.52 Å². The van der Waals surface area contributed by atoms with Crippen LogP contribution in [-0.2, 0) is 21.9 Å². The van der Waals surface area contributed by atoms with Gasteiger partial charge in [0.25, 0.3) is 6.72 Å². The maximum Gasteiger partial charge on any atom is 0.290 e. The molecule has 0 saturated heterocycles. The third kappa shape index (κ3) is 5.50. The van der Waals surface area contributed by atoms with Crippen LogP contribution in [0.15, 0.2) is 60.7 Å². The van der Waals surface area contributed by atoms with Crippen molar-refractivity contribution in [3.63, 3.8) is 0 Å². The number of hydrogen-bond acceptors (Lipinski definition) is 2. The van der Waals surface area contributed by atoms with Gasteiger partial charge in [-0.3, -0.25) is 4.57 Å². The lowest BCUT2D eigenvalue weighted by Crippen LogP contribution is -1.99. The van der Waals surface area contributed by atoms with Gasteiger partial charge in [-0.1, -0.05) is 60.7 Å². The van der Waals surface area contributed by atoms with Crippen molar-refractivity contribution < 1.29 is 9.09 Å². The molecule has 0 aliphatic carbocycles. The fourth-order valence-corrected chi connectivity index (χ4v) is 3.40. The molecule has 106 valence electrons. The van der Waals surface area contributed by atoms with E-state index in [-0.39, 0.29) is 0 Å². The molecule has 2 rings (SSSR count). The van der Waals surface area contributed by atoms with Gasteiger partial charge in [-0.25, -0.2) is 0 Å². The molecule has 0 amide bonds. The number of hydrogen-bond donors (Lipinski definition) is 0. The van der Waals surface area contributed by atoms with Gasteiger partial charge in [0.2, 0.25) is 0 Å². The van der Waals surface area contributed by atoms with Gasteiger partial charge >= 0.3 is 0 Å². The molecule has 20 heavy (non-hydrogen) atoms. The first-order valence-corrected chi connectivity index (χ1v) is 9.38. The fourth-order valence-electron chi connectivity index (χ4n) is 1.92. The predicted octanol–water partition coefficient (Wildman–Crippen LogP) is 4.92. The molecule has 0 radical (unpaired) electrons. The molecule has 1 unspecified atom stereocenters. The fraction of sp³-hybridized carbons (Fsp3) is 0.250. The first-order valence-electron chi connectivity index (χ1n) is 6.67. The Hall–Kier alpha value is -1.08. The number of benzene rings is 2. The summed E-state index contributed by atoms with van der Waals surface area (Å²) in [6.45, 7) is -2.63. The van der Waals surface area contributed by atoms with E-state index in [1.165, 1.54) is 0 Å². The predicted molar refractivity (Wildman–Crippen MR) is 84.6 cm³/mol. The summed E-state index contributed by atoms with van der Waals surface area (Å²) in [5.41, 5.74) is 2.28. The number of aryl methyl sites for hydroxylation is 1. The van der Waals surface area contributed by atoms with Crippen molar-refractivity contribution in [1.82, 2.24) is 0 Å². The maximum atomic E-state index is 12.1. The molecule has 2 aromatic rings. The van der Waals surface area contributed by atoms with E-state index in [0.29, 0.717) is 19.2 Å².